The highest BCUT2D eigenvalue weighted by atomic mass is 35.5. The highest BCUT2D eigenvalue weighted by Crippen LogP contribution is 2.37. The quantitative estimate of drug-likeness (QED) is 0.395. The lowest BCUT2D eigenvalue weighted by molar-refractivity contribution is 0.0274. The van der Waals surface area contributed by atoms with Crippen molar-refractivity contribution in [1.82, 2.24) is 34.6 Å². The number of imidazole rings is 1. The molecule has 200 valence electrons. The summed E-state index contributed by atoms with van der Waals surface area (Å²) in [6.07, 6.45) is 8.16. The molecule has 0 aromatic carbocycles. The van der Waals surface area contributed by atoms with Gasteiger partial charge in [-0.2, -0.15) is 4.98 Å². The number of morpholine rings is 1. The van der Waals surface area contributed by atoms with Crippen LogP contribution in [0.1, 0.15) is 46.5 Å². The molecule has 1 aliphatic carbocycles. The molecular formula is C26H31ClN8O3. The number of nitrogens with zero attached hydrogens (tertiary/aromatic N) is 7. The van der Waals surface area contributed by atoms with Crippen molar-refractivity contribution < 1.29 is 9.26 Å². The molecule has 38 heavy (non-hydrogen) atoms. The number of aromatic nitrogens is 7. The lowest BCUT2D eigenvalue weighted by atomic mass is 9.83. The van der Waals surface area contributed by atoms with Gasteiger partial charge in [-0.25, -0.2) is 14.8 Å². The van der Waals surface area contributed by atoms with Gasteiger partial charge in [0, 0.05) is 31.0 Å². The van der Waals surface area contributed by atoms with E-state index in [1.54, 1.807) is 12.4 Å². The Hall–Kier alpha value is -3.31. The van der Waals surface area contributed by atoms with Gasteiger partial charge in [-0.1, -0.05) is 36.5 Å². The Bertz CT molecular complexity index is 1510. The third-order valence-corrected chi connectivity index (χ3v) is 8.14. The van der Waals surface area contributed by atoms with Gasteiger partial charge in [-0.3, -0.25) is 14.5 Å². The van der Waals surface area contributed by atoms with Crippen LogP contribution < -0.4 is 10.7 Å². The molecule has 6 rings (SSSR count). The van der Waals surface area contributed by atoms with Crippen molar-refractivity contribution >= 4 is 28.7 Å². The largest absolute Gasteiger partial charge is 0.439 e. The van der Waals surface area contributed by atoms with Crippen molar-refractivity contribution in [2.75, 3.05) is 18.1 Å². The zero-order chi connectivity index (χ0) is 26.4. The van der Waals surface area contributed by atoms with Gasteiger partial charge in [0.05, 0.1) is 23.8 Å². The number of H-pyrrole nitrogens is 1. The summed E-state index contributed by atoms with van der Waals surface area (Å²) in [4.78, 5) is 35.5. The van der Waals surface area contributed by atoms with E-state index in [1.807, 2.05) is 6.07 Å². The predicted octanol–water partition coefficient (Wildman–Crippen LogP) is 4.32. The fraction of sp³-hybridized carbons (Fsp3) is 0.538. The van der Waals surface area contributed by atoms with E-state index in [2.05, 4.69) is 45.4 Å². The van der Waals surface area contributed by atoms with Crippen molar-refractivity contribution in [3.8, 4) is 22.9 Å². The van der Waals surface area contributed by atoms with Crippen LogP contribution in [0.15, 0.2) is 27.8 Å². The highest BCUT2D eigenvalue weighted by Gasteiger charge is 2.32. The number of ether oxygens (including phenoxy) is 1. The predicted molar refractivity (Wildman–Crippen MR) is 143 cm³/mol. The number of hydrogen-bond donors (Lipinski definition) is 1. The first-order valence-corrected chi connectivity index (χ1v) is 13.6. The molecule has 1 N–H and O–H groups in total. The third-order valence-electron chi connectivity index (χ3n) is 7.93. The van der Waals surface area contributed by atoms with Crippen LogP contribution in [0.25, 0.3) is 34.1 Å². The van der Waals surface area contributed by atoms with Crippen LogP contribution in [0.3, 0.4) is 0 Å². The number of nitrogens with one attached hydrogen (secondary N) is 1. The van der Waals surface area contributed by atoms with Crippen LogP contribution in [0.5, 0.6) is 0 Å². The van der Waals surface area contributed by atoms with Crippen molar-refractivity contribution in [3.05, 3.63) is 34.0 Å². The summed E-state index contributed by atoms with van der Waals surface area (Å²) < 4.78 is 12.9. The Balaban J connectivity index is 1.58. The molecule has 0 spiro atoms. The lowest BCUT2D eigenvalue weighted by Crippen LogP contribution is -2.49. The summed E-state index contributed by atoms with van der Waals surface area (Å²) >= 11 is 6.35. The van der Waals surface area contributed by atoms with Gasteiger partial charge in [-0.05, 0) is 44.6 Å². The molecule has 1 saturated carbocycles. The maximum absolute atomic E-state index is 11.7. The normalized spacial score (nSPS) is 24.3. The Morgan fingerprint density at radius 3 is 2.66 bits per heavy atom. The van der Waals surface area contributed by atoms with Gasteiger partial charge < -0.3 is 14.2 Å². The molecule has 4 aromatic heterocycles. The molecule has 2 atom stereocenters. The molecule has 4 aromatic rings. The van der Waals surface area contributed by atoms with Crippen LogP contribution in [0.4, 0.5) is 5.95 Å². The fourth-order valence-electron chi connectivity index (χ4n) is 5.58. The second-order valence-corrected chi connectivity index (χ2v) is 11.0. The van der Waals surface area contributed by atoms with E-state index in [4.69, 9.17) is 35.8 Å². The Kier molecular flexibility index (Phi) is 6.65. The zero-order valence-electron chi connectivity index (χ0n) is 21.7. The smallest absolute Gasteiger partial charge is 0.375 e. The third kappa shape index (κ3) is 4.69. The lowest BCUT2D eigenvalue weighted by Gasteiger charge is -2.39. The molecule has 0 amide bonds. The number of aromatic amines is 1. The molecule has 12 heteroatoms. The molecule has 0 radical (unpaired) electrons. The monoisotopic (exact) mass is 538 g/mol. The SMILES string of the molecule is C[C@@H]1[C@@H](C)OCCN1c1nc2nc(-c3noc(=O)[nH]3)nc(-c3cncc(Cl)c3)c2n1C[C@H]1CC[C@H](C)CC1. The summed E-state index contributed by atoms with van der Waals surface area (Å²) in [5.74, 6) is 1.80. The van der Waals surface area contributed by atoms with Gasteiger partial charge >= 0.3 is 5.76 Å². The highest BCUT2D eigenvalue weighted by molar-refractivity contribution is 6.30. The van der Waals surface area contributed by atoms with Gasteiger partial charge in [0.1, 0.15) is 11.2 Å². The number of halogens is 1. The second-order valence-electron chi connectivity index (χ2n) is 10.6. The zero-order valence-corrected chi connectivity index (χ0v) is 22.5. The van der Waals surface area contributed by atoms with Gasteiger partial charge in [0.15, 0.2) is 5.65 Å². The van der Waals surface area contributed by atoms with Crippen LogP contribution in [0, 0.1) is 11.8 Å². The number of hydrogen-bond acceptors (Lipinski definition) is 9. The van der Waals surface area contributed by atoms with Gasteiger partial charge in [0.2, 0.25) is 17.6 Å². The average molecular weight is 539 g/mol. The molecule has 0 unspecified atom stereocenters. The first kappa shape index (κ1) is 25.0. The second kappa shape index (κ2) is 10.1. The van der Waals surface area contributed by atoms with Gasteiger partial charge in [0.25, 0.3) is 0 Å². The summed E-state index contributed by atoms with van der Waals surface area (Å²) in [5.41, 5.74) is 2.68. The maximum Gasteiger partial charge on any atom is 0.439 e. The van der Waals surface area contributed by atoms with Crippen LogP contribution in [-0.4, -0.2) is 59.9 Å². The minimum atomic E-state index is -0.677. The first-order valence-electron chi connectivity index (χ1n) is 13.2. The van der Waals surface area contributed by atoms with E-state index in [0.717, 1.165) is 36.0 Å². The molecule has 2 aliphatic rings. The summed E-state index contributed by atoms with van der Waals surface area (Å²) in [6.45, 7) is 8.74. The Morgan fingerprint density at radius 1 is 1.11 bits per heavy atom. The molecule has 11 nitrogen and oxygen atoms in total. The van der Waals surface area contributed by atoms with Crippen molar-refractivity contribution in [2.24, 2.45) is 11.8 Å². The number of pyridine rings is 1. The maximum atomic E-state index is 11.7. The summed E-state index contributed by atoms with van der Waals surface area (Å²) in [5, 5.41) is 4.31. The number of rotatable bonds is 5. The Labute approximate surface area is 224 Å². The van der Waals surface area contributed by atoms with Gasteiger partial charge in [-0.15, -0.1) is 0 Å². The number of anilines is 1. The van der Waals surface area contributed by atoms with Crippen molar-refractivity contribution in [1.29, 1.82) is 0 Å². The molecule has 1 aliphatic heterocycles. The molecule has 1 saturated heterocycles. The minimum absolute atomic E-state index is 0.0611. The number of fused-ring (bicyclic) bond motifs is 1. The van der Waals surface area contributed by atoms with Crippen LogP contribution >= 0.6 is 11.6 Å². The van der Waals surface area contributed by atoms with Crippen LogP contribution in [-0.2, 0) is 11.3 Å². The fourth-order valence-corrected chi connectivity index (χ4v) is 5.75. The Morgan fingerprint density at radius 2 is 1.92 bits per heavy atom. The van der Waals surface area contributed by atoms with E-state index in [9.17, 15) is 4.79 Å². The van der Waals surface area contributed by atoms with Crippen LogP contribution in [0.2, 0.25) is 5.02 Å². The first-order chi connectivity index (χ1) is 18.4. The average Bonchev–Trinajstić information content (AvgIpc) is 3.50. The van der Waals surface area contributed by atoms with E-state index in [0.29, 0.717) is 28.9 Å². The van der Waals surface area contributed by atoms with E-state index < -0.39 is 5.76 Å². The minimum Gasteiger partial charge on any atom is -0.375 e. The van der Waals surface area contributed by atoms with E-state index in [1.165, 1.54) is 25.7 Å². The van der Waals surface area contributed by atoms with E-state index >= 15 is 0 Å². The van der Waals surface area contributed by atoms with E-state index in [-0.39, 0.29) is 23.8 Å². The summed E-state index contributed by atoms with van der Waals surface area (Å²) in [6, 6.07) is 1.95. The topological polar surface area (TPSA) is 128 Å². The van der Waals surface area contributed by atoms with Crippen molar-refractivity contribution in [2.45, 2.75) is 65.1 Å². The molecular weight excluding hydrogens is 508 g/mol. The molecule has 5 heterocycles. The molecule has 0 bridgehead atoms. The van der Waals surface area contributed by atoms with Crippen molar-refractivity contribution in [3.63, 3.8) is 0 Å². The summed E-state index contributed by atoms with van der Waals surface area (Å²) in [7, 11) is 0. The standard InChI is InChI=1S/C26H31ClN8O3/c1-14-4-6-17(7-5-14)13-35-21-20(18-10-19(27)12-28-11-18)29-23(24-32-26(36)38-33-24)30-22(21)31-25(35)34-8-9-37-16(3)15(34)2/h10-12,14-17H,4-9,13H2,1-3H3,(H,32,33,36)/t14-,15-,16-,17-/m1/s1. The molecule has 2 fully saturated rings.